The number of anilines is 1. The number of aromatic nitrogens is 1. The fourth-order valence-corrected chi connectivity index (χ4v) is 4.05. The summed E-state index contributed by atoms with van der Waals surface area (Å²) in [5.74, 6) is -2.28. The molecule has 0 saturated carbocycles. The van der Waals surface area contributed by atoms with Crippen molar-refractivity contribution in [2.75, 3.05) is 31.1 Å². The summed E-state index contributed by atoms with van der Waals surface area (Å²) in [5.41, 5.74) is 1.10. The molecule has 0 unspecified atom stereocenters. The first-order valence-electron chi connectivity index (χ1n) is 7.48. The van der Waals surface area contributed by atoms with Gasteiger partial charge in [-0.2, -0.15) is 9.57 Å². The average molecular weight is 364 g/mol. The molecule has 130 valence electrons. The van der Waals surface area contributed by atoms with E-state index in [-0.39, 0.29) is 18.0 Å². The largest absolute Gasteiger partial charge is 0.368 e. The van der Waals surface area contributed by atoms with E-state index in [4.69, 9.17) is 5.26 Å². The summed E-state index contributed by atoms with van der Waals surface area (Å²) in [5, 5.41) is 8.76. The Morgan fingerprint density at radius 2 is 1.76 bits per heavy atom. The van der Waals surface area contributed by atoms with Gasteiger partial charge in [-0.05, 0) is 30.3 Å². The molecule has 25 heavy (non-hydrogen) atoms. The lowest BCUT2D eigenvalue weighted by Crippen LogP contribution is -2.48. The number of nitrogens with zero attached hydrogens (tertiary/aromatic N) is 4. The van der Waals surface area contributed by atoms with Crippen LogP contribution in [0, 0.1) is 23.0 Å². The highest BCUT2D eigenvalue weighted by Gasteiger charge is 2.29. The zero-order chi connectivity index (χ0) is 18.0. The van der Waals surface area contributed by atoms with E-state index in [1.165, 1.54) is 4.31 Å². The van der Waals surface area contributed by atoms with E-state index >= 15 is 0 Å². The van der Waals surface area contributed by atoms with E-state index < -0.39 is 21.7 Å². The highest BCUT2D eigenvalue weighted by atomic mass is 32.2. The molecule has 0 spiro atoms. The number of halogens is 2. The number of piperazine rings is 1. The molecule has 2 aromatic rings. The summed E-state index contributed by atoms with van der Waals surface area (Å²) in [6.45, 7) is 1.27. The van der Waals surface area contributed by atoms with Gasteiger partial charge in [0.25, 0.3) is 0 Å². The van der Waals surface area contributed by atoms with Crippen LogP contribution >= 0.6 is 0 Å². The second kappa shape index (κ2) is 6.74. The fraction of sp³-hybridized carbons (Fsp3) is 0.250. The SMILES string of the molecule is N#Cc1ccc(N2CCN(S(=O)(=O)c3ccc(F)c(F)c3)CC2)cn1. The van der Waals surface area contributed by atoms with Crippen LogP contribution < -0.4 is 4.90 Å². The third-order valence-electron chi connectivity index (χ3n) is 4.00. The van der Waals surface area contributed by atoms with E-state index in [0.29, 0.717) is 24.8 Å². The molecule has 9 heteroatoms. The highest BCUT2D eigenvalue weighted by molar-refractivity contribution is 7.89. The van der Waals surface area contributed by atoms with Crippen LogP contribution in [0.15, 0.2) is 41.4 Å². The second-order valence-corrected chi connectivity index (χ2v) is 7.42. The van der Waals surface area contributed by atoms with Crippen molar-refractivity contribution in [1.82, 2.24) is 9.29 Å². The Labute approximate surface area is 144 Å². The zero-order valence-electron chi connectivity index (χ0n) is 13.1. The molecule has 1 aromatic carbocycles. The molecular formula is C16H14F2N4O2S. The molecule has 1 saturated heterocycles. The number of hydrogen-bond acceptors (Lipinski definition) is 5. The van der Waals surface area contributed by atoms with Crippen molar-refractivity contribution in [3.63, 3.8) is 0 Å². The maximum absolute atomic E-state index is 13.3. The van der Waals surface area contributed by atoms with E-state index in [9.17, 15) is 17.2 Å². The molecule has 0 atom stereocenters. The fourth-order valence-electron chi connectivity index (χ4n) is 2.61. The van der Waals surface area contributed by atoms with Crippen LogP contribution in [0.1, 0.15) is 5.69 Å². The van der Waals surface area contributed by atoms with Crippen molar-refractivity contribution in [1.29, 1.82) is 5.26 Å². The highest BCUT2D eigenvalue weighted by Crippen LogP contribution is 2.22. The van der Waals surface area contributed by atoms with E-state index in [1.54, 1.807) is 18.3 Å². The van der Waals surface area contributed by atoms with Crippen molar-refractivity contribution in [3.8, 4) is 6.07 Å². The smallest absolute Gasteiger partial charge is 0.243 e. The molecule has 0 aliphatic carbocycles. The normalized spacial score (nSPS) is 15.8. The summed E-state index contributed by atoms with van der Waals surface area (Å²) >= 11 is 0. The van der Waals surface area contributed by atoms with Crippen LogP contribution in [0.4, 0.5) is 14.5 Å². The quantitative estimate of drug-likeness (QED) is 0.829. The Bertz CT molecular complexity index is 918. The summed E-state index contributed by atoms with van der Waals surface area (Å²) in [4.78, 5) is 5.68. The monoisotopic (exact) mass is 364 g/mol. The number of hydrogen-bond donors (Lipinski definition) is 0. The van der Waals surface area contributed by atoms with Gasteiger partial charge < -0.3 is 4.90 Å². The Balaban J connectivity index is 1.72. The van der Waals surface area contributed by atoms with E-state index in [0.717, 1.165) is 17.8 Å². The number of benzene rings is 1. The molecule has 0 radical (unpaired) electrons. The molecule has 1 aliphatic rings. The van der Waals surface area contributed by atoms with Gasteiger partial charge in [0.1, 0.15) is 11.8 Å². The van der Waals surface area contributed by atoms with Gasteiger partial charge in [0.15, 0.2) is 11.6 Å². The second-order valence-electron chi connectivity index (χ2n) is 5.48. The molecule has 3 rings (SSSR count). The lowest BCUT2D eigenvalue weighted by Gasteiger charge is -2.35. The zero-order valence-corrected chi connectivity index (χ0v) is 13.9. The Morgan fingerprint density at radius 1 is 1.04 bits per heavy atom. The Hall–Kier alpha value is -2.57. The van der Waals surface area contributed by atoms with Crippen LogP contribution in [-0.4, -0.2) is 43.9 Å². The number of pyridine rings is 1. The lowest BCUT2D eigenvalue weighted by molar-refractivity contribution is 0.384. The predicted molar refractivity (Wildman–Crippen MR) is 86.3 cm³/mol. The molecular weight excluding hydrogens is 350 g/mol. The van der Waals surface area contributed by atoms with Crippen LogP contribution in [-0.2, 0) is 10.0 Å². The van der Waals surface area contributed by atoms with Gasteiger partial charge in [0.2, 0.25) is 10.0 Å². The Kier molecular flexibility index (Phi) is 4.65. The minimum Gasteiger partial charge on any atom is -0.368 e. The van der Waals surface area contributed by atoms with Crippen molar-refractivity contribution in [2.45, 2.75) is 4.90 Å². The maximum Gasteiger partial charge on any atom is 0.243 e. The molecule has 2 heterocycles. The summed E-state index contributed by atoms with van der Waals surface area (Å²) < 4.78 is 52.7. The van der Waals surface area contributed by atoms with Gasteiger partial charge in [-0.25, -0.2) is 22.2 Å². The van der Waals surface area contributed by atoms with Gasteiger partial charge in [-0.3, -0.25) is 0 Å². The first-order valence-corrected chi connectivity index (χ1v) is 8.92. The molecule has 6 nitrogen and oxygen atoms in total. The molecule has 0 amide bonds. The summed E-state index contributed by atoms with van der Waals surface area (Å²) in [7, 11) is -3.88. The van der Waals surface area contributed by atoms with Crippen LogP contribution in [0.5, 0.6) is 0 Å². The van der Waals surface area contributed by atoms with Gasteiger partial charge in [0.05, 0.1) is 16.8 Å². The minimum atomic E-state index is -3.88. The molecule has 1 aromatic heterocycles. The minimum absolute atomic E-state index is 0.210. The van der Waals surface area contributed by atoms with Crippen LogP contribution in [0.3, 0.4) is 0 Å². The Morgan fingerprint density at radius 3 is 2.32 bits per heavy atom. The van der Waals surface area contributed by atoms with Crippen molar-refractivity contribution < 1.29 is 17.2 Å². The lowest BCUT2D eigenvalue weighted by atomic mass is 10.3. The van der Waals surface area contributed by atoms with Crippen molar-refractivity contribution in [2.24, 2.45) is 0 Å². The number of nitriles is 1. The first kappa shape index (κ1) is 17.3. The third-order valence-corrected chi connectivity index (χ3v) is 5.89. The molecule has 0 bridgehead atoms. The predicted octanol–water partition coefficient (Wildman–Crippen LogP) is 1.74. The number of sulfonamides is 1. The van der Waals surface area contributed by atoms with Crippen LogP contribution in [0.2, 0.25) is 0 Å². The van der Waals surface area contributed by atoms with E-state index in [1.807, 2.05) is 11.0 Å². The standard InChI is InChI=1S/C16H14F2N4O2S/c17-15-4-3-14(9-16(15)18)25(23,24)22-7-5-21(6-8-22)13-2-1-12(10-19)20-11-13/h1-4,9,11H,5-8H2. The topological polar surface area (TPSA) is 77.3 Å². The van der Waals surface area contributed by atoms with Gasteiger partial charge >= 0.3 is 0 Å². The third kappa shape index (κ3) is 3.45. The van der Waals surface area contributed by atoms with Crippen molar-refractivity contribution >= 4 is 15.7 Å². The van der Waals surface area contributed by atoms with Gasteiger partial charge in [-0.15, -0.1) is 0 Å². The van der Waals surface area contributed by atoms with Crippen molar-refractivity contribution in [3.05, 3.63) is 53.9 Å². The van der Waals surface area contributed by atoms with E-state index in [2.05, 4.69) is 4.98 Å². The van der Waals surface area contributed by atoms with Gasteiger partial charge in [-0.1, -0.05) is 0 Å². The average Bonchev–Trinajstić information content (AvgIpc) is 2.64. The first-order chi connectivity index (χ1) is 11.9. The summed E-state index contributed by atoms with van der Waals surface area (Å²) in [6, 6.07) is 7.85. The maximum atomic E-state index is 13.3. The van der Waals surface area contributed by atoms with Gasteiger partial charge in [0, 0.05) is 26.2 Å². The molecule has 0 N–H and O–H groups in total. The van der Waals surface area contributed by atoms with Crippen LogP contribution in [0.25, 0.3) is 0 Å². The molecule has 1 fully saturated rings. The molecule has 1 aliphatic heterocycles. The number of rotatable bonds is 3. The summed E-state index contributed by atoms with van der Waals surface area (Å²) in [6.07, 6.45) is 1.57.